The molecule has 0 spiro atoms. The zero-order valence-electron chi connectivity index (χ0n) is 13.0. The second kappa shape index (κ2) is 6.64. The first-order valence-corrected chi connectivity index (χ1v) is 7.83. The van der Waals surface area contributed by atoms with E-state index >= 15 is 0 Å². The number of hydrogen-bond donors (Lipinski definition) is 1. The fourth-order valence-electron chi connectivity index (χ4n) is 3.23. The Hall–Kier alpha value is -1.30. The van der Waals surface area contributed by atoms with E-state index in [1.54, 1.807) is 16.8 Å². The number of aliphatic carboxylic acids is 1. The number of amides is 2. The maximum Gasteiger partial charge on any atom is 0.319 e. The van der Waals surface area contributed by atoms with Crippen molar-refractivity contribution in [2.75, 3.05) is 33.3 Å². The van der Waals surface area contributed by atoms with Gasteiger partial charge in [0.2, 0.25) is 0 Å². The zero-order valence-corrected chi connectivity index (χ0v) is 13.0. The number of carbonyl (C=O) groups excluding carboxylic acids is 1. The van der Waals surface area contributed by atoms with E-state index in [0.29, 0.717) is 32.5 Å². The summed E-state index contributed by atoms with van der Waals surface area (Å²) in [5.74, 6) is -0.793. The van der Waals surface area contributed by atoms with Gasteiger partial charge in [0.1, 0.15) is 0 Å². The predicted molar refractivity (Wildman–Crippen MR) is 78.2 cm³/mol. The molecule has 0 bridgehead atoms. The Morgan fingerprint density at radius 1 is 1.43 bits per heavy atom. The van der Waals surface area contributed by atoms with Crippen molar-refractivity contribution in [2.45, 2.75) is 45.1 Å². The highest BCUT2D eigenvalue weighted by molar-refractivity contribution is 5.79. The minimum atomic E-state index is -0.793. The maximum atomic E-state index is 12.4. The third-order valence-corrected chi connectivity index (χ3v) is 4.83. The smallest absolute Gasteiger partial charge is 0.319 e. The van der Waals surface area contributed by atoms with Gasteiger partial charge in [0.25, 0.3) is 0 Å². The van der Waals surface area contributed by atoms with Crippen LogP contribution in [0, 0.1) is 5.41 Å². The SMILES string of the molecule is CCC1(C(=O)O)CCN(C(=O)N(C)CC2CCCCO2)C1. The van der Waals surface area contributed by atoms with Crippen LogP contribution in [0.3, 0.4) is 0 Å². The fourth-order valence-corrected chi connectivity index (χ4v) is 3.23. The number of carboxylic acids is 1. The van der Waals surface area contributed by atoms with E-state index in [9.17, 15) is 14.7 Å². The first-order chi connectivity index (χ1) is 9.98. The van der Waals surface area contributed by atoms with Crippen molar-refractivity contribution in [1.29, 1.82) is 0 Å². The lowest BCUT2D eigenvalue weighted by atomic mass is 9.84. The molecule has 2 unspecified atom stereocenters. The molecule has 21 heavy (non-hydrogen) atoms. The van der Waals surface area contributed by atoms with Gasteiger partial charge in [0.05, 0.1) is 11.5 Å². The Morgan fingerprint density at radius 2 is 2.19 bits per heavy atom. The molecule has 2 atom stereocenters. The second-order valence-corrected chi connectivity index (χ2v) is 6.26. The molecule has 2 fully saturated rings. The summed E-state index contributed by atoms with van der Waals surface area (Å²) in [4.78, 5) is 27.2. The summed E-state index contributed by atoms with van der Waals surface area (Å²) in [5, 5.41) is 9.39. The van der Waals surface area contributed by atoms with E-state index in [-0.39, 0.29) is 12.1 Å². The highest BCUT2D eigenvalue weighted by Crippen LogP contribution is 2.34. The van der Waals surface area contributed by atoms with Gasteiger partial charge in [0, 0.05) is 33.3 Å². The normalized spacial score (nSPS) is 29.4. The molecule has 2 heterocycles. The highest BCUT2D eigenvalue weighted by atomic mass is 16.5. The minimum absolute atomic E-state index is 0.0826. The zero-order chi connectivity index (χ0) is 15.5. The molecule has 2 rings (SSSR count). The summed E-state index contributed by atoms with van der Waals surface area (Å²) in [6.45, 7) is 4.07. The predicted octanol–water partition coefficient (Wildman–Crippen LogP) is 1.79. The van der Waals surface area contributed by atoms with Crippen molar-refractivity contribution in [3.05, 3.63) is 0 Å². The fraction of sp³-hybridized carbons (Fsp3) is 0.867. The van der Waals surface area contributed by atoms with Gasteiger partial charge in [-0.25, -0.2) is 4.79 Å². The second-order valence-electron chi connectivity index (χ2n) is 6.26. The Bertz CT molecular complexity index is 395. The van der Waals surface area contributed by atoms with Crippen LogP contribution in [0.4, 0.5) is 4.79 Å². The molecule has 2 aliphatic heterocycles. The monoisotopic (exact) mass is 298 g/mol. The highest BCUT2D eigenvalue weighted by Gasteiger charge is 2.45. The topological polar surface area (TPSA) is 70.1 Å². The van der Waals surface area contributed by atoms with Gasteiger partial charge in [-0.15, -0.1) is 0 Å². The third kappa shape index (κ3) is 3.48. The Labute approximate surface area is 126 Å². The molecule has 6 nitrogen and oxygen atoms in total. The van der Waals surface area contributed by atoms with Crippen molar-refractivity contribution in [3.8, 4) is 0 Å². The van der Waals surface area contributed by atoms with Crippen molar-refractivity contribution in [3.63, 3.8) is 0 Å². The number of likely N-dealkylation sites (N-methyl/N-ethyl adjacent to an activating group) is 1. The minimum Gasteiger partial charge on any atom is -0.481 e. The molecule has 1 N–H and O–H groups in total. The quantitative estimate of drug-likeness (QED) is 0.859. The van der Waals surface area contributed by atoms with Crippen molar-refractivity contribution in [2.24, 2.45) is 5.41 Å². The molecule has 0 saturated carbocycles. The molecular weight excluding hydrogens is 272 g/mol. The van der Waals surface area contributed by atoms with Gasteiger partial charge in [-0.3, -0.25) is 4.79 Å². The number of rotatable bonds is 4. The lowest BCUT2D eigenvalue weighted by Crippen LogP contribution is -2.45. The Kier molecular flexibility index (Phi) is 5.08. The first kappa shape index (κ1) is 16.1. The number of ether oxygens (including phenoxy) is 1. The number of hydrogen-bond acceptors (Lipinski definition) is 3. The van der Waals surface area contributed by atoms with Crippen LogP contribution in [0.25, 0.3) is 0 Å². The van der Waals surface area contributed by atoms with E-state index in [4.69, 9.17) is 4.74 Å². The number of urea groups is 1. The van der Waals surface area contributed by atoms with E-state index in [0.717, 1.165) is 25.9 Å². The van der Waals surface area contributed by atoms with E-state index in [2.05, 4.69) is 0 Å². The summed E-state index contributed by atoms with van der Waals surface area (Å²) in [6.07, 6.45) is 4.45. The van der Waals surface area contributed by atoms with Crippen LogP contribution in [0.15, 0.2) is 0 Å². The van der Waals surface area contributed by atoms with Crippen LogP contribution in [0.1, 0.15) is 39.0 Å². The van der Waals surface area contributed by atoms with E-state index in [1.165, 1.54) is 0 Å². The van der Waals surface area contributed by atoms with Crippen molar-refractivity contribution >= 4 is 12.0 Å². The van der Waals surface area contributed by atoms with Gasteiger partial charge in [-0.1, -0.05) is 6.92 Å². The number of carbonyl (C=O) groups is 2. The molecule has 2 aliphatic rings. The van der Waals surface area contributed by atoms with Gasteiger partial charge in [0.15, 0.2) is 0 Å². The molecule has 2 amide bonds. The largest absolute Gasteiger partial charge is 0.481 e. The third-order valence-electron chi connectivity index (χ3n) is 4.83. The van der Waals surface area contributed by atoms with Gasteiger partial charge in [-0.2, -0.15) is 0 Å². The number of carboxylic acid groups (broad SMARTS) is 1. The van der Waals surface area contributed by atoms with Crippen LogP contribution in [0.2, 0.25) is 0 Å². The molecule has 0 aromatic carbocycles. The summed E-state index contributed by atoms with van der Waals surface area (Å²) < 4.78 is 5.66. The molecule has 0 aliphatic carbocycles. The van der Waals surface area contributed by atoms with Crippen LogP contribution in [0.5, 0.6) is 0 Å². The molecule has 2 saturated heterocycles. The number of likely N-dealkylation sites (tertiary alicyclic amines) is 1. The molecule has 120 valence electrons. The number of nitrogens with zero attached hydrogens (tertiary/aromatic N) is 2. The van der Waals surface area contributed by atoms with Gasteiger partial charge < -0.3 is 19.6 Å². The van der Waals surface area contributed by atoms with Crippen LogP contribution >= 0.6 is 0 Å². The lowest BCUT2D eigenvalue weighted by molar-refractivity contribution is -0.148. The van der Waals surface area contributed by atoms with Crippen LogP contribution in [-0.2, 0) is 9.53 Å². The summed E-state index contributed by atoms with van der Waals surface area (Å²) in [5.41, 5.74) is -0.766. The summed E-state index contributed by atoms with van der Waals surface area (Å²) in [6, 6.07) is -0.0826. The van der Waals surface area contributed by atoms with Crippen LogP contribution < -0.4 is 0 Å². The molecule has 0 aromatic rings. The molecular formula is C15H26N2O4. The van der Waals surface area contributed by atoms with Crippen molar-refractivity contribution < 1.29 is 19.4 Å². The van der Waals surface area contributed by atoms with Crippen LogP contribution in [-0.4, -0.2) is 66.3 Å². The lowest BCUT2D eigenvalue weighted by Gasteiger charge is -2.31. The van der Waals surface area contributed by atoms with Crippen molar-refractivity contribution in [1.82, 2.24) is 9.80 Å². The first-order valence-electron chi connectivity index (χ1n) is 7.83. The maximum absolute atomic E-state index is 12.4. The van der Waals surface area contributed by atoms with Gasteiger partial charge >= 0.3 is 12.0 Å². The average molecular weight is 298 g/mol. The standard InChI is InChI=1S/C15H26N2O4/c1-3-15(13(18)19)7-8-17(11-15)14(20)16(2)10-12-6-4-5-9-21-12/h12H,3-11H2,1-2H3,(H,18,19). The average Bonchev–Trinajstić information content (AvgIpc) is 2.93. The summed E-state index contributed by atoms with van der Waals surface area (Å²) in [7, 11) is 1.77. The Morgan fingerprint density at radius 3 is 2.71 bits per heavy atom. The van der Waals surface area contributed by atoms with E-state index in [1.807, 2.05) is 6.92 Å². The molecule has 6 heteroatoms. The molecule has 0 aromatic heterocycles. The Balaban J connectivity index is 1.89. The van der Waals surface area contributed by atoms with E-state index < -0.39 is 11.4 Å². The molecule has 0 radical (unpaired) electrons. The van der Waals surface area contributed by atoms with Gasteiger partial charge in [-0.05, 0) is 32.1 Å². The summed E-state index contributed by atoms with van der Waals surface area (Å²) >= 11 is 0.